The summed E-state index contributed by atoms with van der Waals surface area (Å²) < 4.78 is 6.20. The van der Waals surface area contributed by atoms with E-state index in [2.05, 4.69) is 0 Å². The monoisotopic (exact) mass is 372 g/mol. The average molecular weight is 372 g/mol. The van der Waals surface area contributed by atoms with Gasteiger partial charge in [-0.15, -0.1) is 0 Å². The van der Waals surface area contributed by atoms with E-state index in [1.807, 2.05) is 4.98 Å². The van der Waals surface area contributed by atoms with Crippen molar-refractivity contribution in [2.24, 2.45) is 5.73 Å². The van der Waals surface area contributed by atoms with Gasteiger partial charge in [0, 0.05) is 19.3 Å². The van der Waals surface area contributed by atoms with Gasteiger partial charge in [0.25, 0.3) is 5.56 Å². The smallest absolute Gasteiger partial charge is 0.330 e. The van der Waals surface area contributed by atoms with Gasteiger partial charge in [-0.1, -0.05) is 0 Å². The molecular weight excluding hydrogens is 352 g/mol. The van der Waals surface area contributed by atoms with Crippen LogP contribution >= 0.6 is 0 Å². The summed E-state index contributed by atoms with van der Waals surface area (Å²) in [5.41, 5.74) is 3.88. The van der Waals surface area contributed by atoms with E-state index >= 15 is 0 Å². The maximum absolute atomic E-state index is 12.0. The number of H-pyrrole nitrogens is 1. The first-order valence-electron chi connectivity index (χ1n) is 7.64. The first kappa shape index (κ1) is 19.8. The Bertz CT molecular complexity index is 803. The third-order valence-electron chi connectivity index (χ3n) is 4.12. The Kier molecular flexibility index (Phi) is 5.61. The number of nitrogens with one attached hydrogen (secondary N) is 1. The largest absolute Gasteiger partial charge is 0.480 e. The number of carbonyl (C=O) groups excluding carboxylic acids is 1. The van der Waals surface area contributed by atoms with Gasteiger partial charge in [-0.05, 0) is 6.92 Å². The number of amides is 1. The SMILES string of the molecule is C[C@H](N)C(=O)N(C)[C@H](C(=O)O)[C@H]1O[C@@H](n2ccc(=O)[nH]c2=O)[C@H](O)[C@@H]1O. The Morgan fingerprint density at radius 3 is 2.46 bits per heavy atom. The number of aliphatic hydroxyl groups is 2. The summed E-state index contributed by atoms with van der Waals surface area (Å²) in [6.45, 7) is 1.36. The van der Waals surface area contributed by atoms with E-state index in [1.54, 1.807) is 0 Å². The Morgan fingerprint density at radius 2 is 1.96 bits per heavy atom. The van der Waals surface area contributed by atoms with Crippen molar-refractivity contribution in [2.75, 3.05) is 7.05 Å². The number of aromatic nitrogens is 2. The summed E-state index contributed by atoms with van der Waals surface area (Å²) in [4.78, 5) is 49.4. The predicted octanol–water partition coefficient (Wildman–Crippen LogP) is -3.59. The number of carboxylic acids is 1. The van der Waals surface area contributed by atoms with Crippen molar-refractivity contribution >= 4 is 11.9 Å². The number of aliphatic carboxylic acids is 1. The van der Waals surface area contributed by atoms with Gasteiger partial charge >= 0.3 is 11.7 Å². The molecule has 0 aromatic carbocycles. The molecule has 1 aromatic rings. The zero-order valence-electron chi connectivity index (χ0n) is 14.0. The Labute approximate surface area is 146 Å². The molecule has 6 atom stereocenters. The lowest BCUT2D eigenvalue weighted by Gasteiger charge is -2.31. The van der Waals surface area contributed by atoms with Crippen LogP contribution in [0.3, 0.4) is 0 Å². The van der Waals surface area contributed by atoms with Gasteiger partial charge < -0.3 is 30.7 Å². The van der Waals surface area contributed by atoms with Crippen molar-refractivity contribution in [3.05, 3.63) is 33.1 Å². The van der Waals surface area contributed by atoms with E-state index in [0.29, 0.717) is 0 Å². The molecule has 144 valence electrons. The molecule has 1 aliphatic rings. The minimum absolute atomic E-state index is 0.679. The highest BCUT2D eigenvalue weighted by Crippen LogP contribution is 2.31. The summed E-state index contributed by atoms with van der Waals surface area (Å²) in [5.74, 6) is -2.21. The van der Waals surface area contributed by atoms with E-state index in [1.165, 1.54) is 14.0 Å². The van der Waals surface area contributed by atoms with Crippen LogP contribution in [0.5, 0.6) is 0 Å². The minimum Gasteiger partial charge on any atom is -0.480 e. The van der Waals surface area contributed by atoms with E-state index in [9.17, 15) is 34.5 Å². The topological polar surface area (TPSA) is 188 Å². The van der Waals surface area contributed by atoms with Crippen molar-refractivity contribution in [3.8, 4) is 0 Å². The number of hydrogen-bond acceptors (Lipinski definition) is 8. The molecule has 0 aliphatic carbocycles. The van der Waals surface area contributed by atoms with E-state index in [0.717, 1.165) is 21.7 Å². The quantitative estimate of drug-likeness (QED) is 0.348. The maximum atomic E-state index is 12.0. The van der Waals surface area contributed by atoms with Gasteiger partial charge in [-0.3, -0.25) is 19.1 Å². The third-order valence-corrected chi connectivity index (χ3v) is 4.12. The summed E-state index contributed by atoms with van der Waals surface area (Å²) in [7, 11) is 1.17. The summed E-state index contributed by atoms with van der Waals surface area (Å²) in [5, 5.41) is 29.9. The van der Waals surface area contributed by atoms with Crippen LogP contribution in [-0.2, 0) is 14.3 Å². The standard InChI is InChI=1S/C14H20N4O8/c1-5(15)11(22)17(2)7(13(23)24)10-8(20)9(21)12(26-10)18-4-3-6(19)16-14(18)25/h3-5,7-10,12,20-21H,15H2,1-2H3,(H,23,24)(H,16,19,25)/t5-,7-,8-,9+,10+,12+/m0/s1. The normalized spacial score (nSPS) is 27.7. The molecule has 0 radical (unpaired) electrons. The Morgan fingerprint density at radius 1 is 1.35 bits per heavy atom. The first-order valence-corrected chi connectivity index (χ1v) is 7.64. The Balaban J connectivity index is 2.37. The lowest BCUT2D eigenvalue weighted by molar-refractivity contribution is -0.159. The second-order valence-corrected chi connectivity index (χ2v) is 6.01. The van der Waals surface area contributed by atoms with Crippen LogP contribution < -0.4 is 17.0 Å². The fourth-order valence-corrected chi connectivity index (χ4v) is 2.79. The zero-order valence-corrected chi connectivity index (χ0v) is 14.0. The van der Waals surface area contributed by atoms with Crippen LogP contribution in [-0.4, -0.2) is 79.1 Å². The molecule has 1 saturated heterocycles. The minimum atomic E-state index is -1.72. The van der Waals surface area contributed by atoms with Crippen LogP contribution in [0, 0.1) is 0 Å². The van der Waals surface area contributed by atoms with Gasteiger partial charge in [-0.2, -0.15) is 0 Å². The highest BCUT2D eigenvalue weighted by molar-refractivity contribution is 5.86. The summed E-state index contributed by atoms with van der Waals surface area (Å²) in [6.07, 6.45) is -5.36. The predicted molar refractivity (Wildman–Crippen MR) is 85.1 cm³/mol. The number of carboxylic acid groups (broad SMARTS) is 1. The molecule has 12 nitrogen and oxygen atoms in total. The Hall–Kier alpha value is -2.54. The number of carbonyl (C=O) groups is 2. The molecule has 0 unspecified atom stereocenters. The van der Waals surface area contributed by atoms with Crippen molar-refractivity contribution in [1.82, 2.24) is 14.5 Å². The molecule has 1 aliphatic heterocycles. The number of rotatable bonds is 5. The number of likely N-dealkylation sites (N-methyl/N-ethyl adjacent to an activating group) is 1. The van der Waals surface area contributed by atoms with Crippen molar-refractivity contribution in [1.29, 1.82) is 0 Å². The van der Waals surface area contributed by atoms with Crippen LogP contribution in [0.1, 0.15) is 13.2 Å². The van der Waals surface area contributed by atoms with E-state index in [-0.39, 0.29) is 0 Å². The van der Waals surface area contributed by atoms with Crippen LogP contribution in [0.15, 0.2) is 21.9 Å². The third kappa shape index (κ3) is 3.53. The van der Waals surface area contributed by atoms with Gasteiger partial charge in [0.2, 0.25) is 5.91 Å². The van der Waals surface area contributed by atoms with Crippen molar-refractivity contribution in [2.45, 2.75) is 43.5 Å². The van der Waals surface area contributed by atoms with E-state index in [4.69, 9.17) is 10.5 Å². The van der Waals surface area contributed by atoms with Gasteiger partial charge in [0.05, 0.1) is 6.04 Å². The fraction of sp³-hybridized carbons (Fsp3) is 0.571. The maximum Gasteiger partial charge on any atom is 0.330 e. The number of hydrogen-bond donors (Lipinski definition) is 5. The molecule has 1 amide bonds. The second kappa shape index (κ2) is 7.37. The molecule has 1 aromatic heterocycles. The van der Waals surface area contributed by atoms with E-state index < -0.39 is 59.7 Å². The summed E-state index contributed by atoms with van der Waals surface area (Å²) >= 11 is 0. The van der Waals surface area contributed by atoms with Gasteiger partial charge in [-0.25, -0.2) is 9.59 Å². The molecule has 6 N–H and O–H groups in total. The molecule has 12 heteroatoms. The summed E-state index contributed by atoms with van der Waals surface area (Å²) in [6, 6.07) is -1.66. The molecular formula is C14H20N4O8. The molecule has 2 heterocycles. The lowest BCUT2D eigenvalue weighted by atomic mass is 10.0. The first-order chi connectivity index (χ1) is 12.1. The van der Waals surface area contributed by atoms with Gasteiger partial charge in [0.15, 0.2) is 12.3 Å². The molecule has 1 fully saturated rings. The fourth-order valence-electron chi connectivity index (χ4n) is 2.79. The number of ether oxygens (including phenoxy) is 1. The van der Waals surface area contributed by atoms with Crippen LogP contribution in [0.25, 0.3) is 0 Å². The van der Waals surface area contributed by atoms with Gasteiger partial charge in [0.1, 0.15) is 18.3 Å². The average Bonchev–Trinajstić information content (AvgIpc) is 2.82. The number of nitrogens with zero attached hydrogens (tertiary/aromatic N) is 2. The second-order valence-electron chi connectivity index (χ2n) is 6.01. The van der Waals surface area contributed by atoms with Crippen LogP contribution in [0.4, 0.5) is 0 Å². The van der Waals surface area contributed by atoms with Crippen LogP contribution in [0.2, 0.25) is 0 Å². The number of nitrogens with two attached hydrogens (primary N) is 1. The van der Waals surface area contributed by atoms with Crippen molar-refractivity contribution in [3.63, 3.8) is 0 Å². The molecule has 2 rings (SSSR count). The molecule has 0 spiro atoms. The zero-order chi connectivity index (χ0) is 19.8. The number of aromatic amines is 1. The molecule has 0 bridgehead atoms. The molecule has 0 saturated carbocycles. The highest BCUT2D eigenvalue weighted by Gasteiger charge is 2.51. The van der Waals surface area contributed by atoms with Crippen molar-refractivity contribution < 1.29 is 29.6 Å². The highest BCUT2D eigenvalue weighted by atomic mass is 16.6. The number of aliphatic hydroxyl groups excluding tert-OH is 2. The lowest BCUT2D eigenvalue weighted by Crippen LogP contribution is -2.56. The molecule has 26 heavy (non-hydrogen) atoms.